The van der Waals surface area contributed by atoms with E-state index in [-0.39, 0.29) is 11.7 Å². The van der Waals surface area contributed by atoms with Crippen LogP contribution >= 0.6 is 0 Å². The van der Waals surface area contributed by atoms with E-state index in [0.29, 0.717) is 11.3 Å². The maximum Gasteiger partial charge on any atom is 0.259 e. The summed E-state index contributed by atoms with van der Waals surface area (Å²) in [4.78, 5) is 14.3. The summed E-state index contributed by atoms with van der Waals surface area (Å²) in [5, 5.41) is 13.8. The SMILES string of the molecule is C[C@H](O)c1onc(-c2ccccc2)c1C(=O)N1CCC1. The molecule has 1 saturated heterocycles. The lowest BCUT2D eigenvalue weighted by Crippen LogP contribution is -2.42. The Labute approximate surface area is 116 Å². The van der Waals surface area contributed by atoms with E-state index < -0.39 is 6.10 Å². The van der Waals surface area contributed by atoms with Crippen molar-refractivity contribution in [3.8, 4) is 11.3 Å². The van der Waals surface area contributed by atoms with E-state index in [1.54, 1.807) is 11.8 Å². The number of hydrogen-bond donors (Lipinski definition) is 1. The van der Waals surface area contributed by atoms with Crippen molar-refractivity contribution in [2.75, 3.05) is 13.1 Å². The molecule has 104 valence electrons. The first-order valence-electron chi connectivity index (χ1n) is 6.71. The number of nitrogens with zero attached hydrogens (tertiary/aromatic N) is 2. The summed E-state index contributed by atoms with van der Waals surface area (Å²) in [6, 6.07) is 9.40. The molecule has 0 radical (unpaired) electrons. The van der Waals surface area contributed by atoms with Crippen molar-refractivity contribution in [3.63, 3.8) is 0 Å². The van der Waals surface area contributed by atoms with Gasteiger partial charge in [-0.15, -0.1) is 0 Å². The summed E-state index contributed by atoms with van der Waals surface area (Å²) in [5.74, 6) is 0.119. The molecule has 5 nitrogen and oxygen atoms in total. The largest absolute Gasteiger partial charge is 0.385 e. The molecule has 5 heteroatoms. The minimum absolute atomic E-state index is 0.118. The van der Waals surface area contributed by atoms with Gasteiger partial charge in [-0.05, 0) is 13.3 Å². The predicted molar refractivity (Wildman–Crippen MR) is 73.1 cm³/mol. The first-order valence-corrected chi connectivity index (χ1v) is 6.71. The molecule has 0 saturated carbocycles. The summed E-state index contributed by atoms with van der Waals surface area (Å²) in [5.41, 5.74) is 1.69. The van der Waals surface area contributed by atoms with Crippen LogP contribution in [-0.2, 0) is 0 Å². The second-order valence-corrected chi connectivity index (χ2v) is 4.96. The lowest BCUT2D eigenvalue weighted by molar-refractivity contribution is 0.0641. The van der Waals surface area contributed by atoms with Gasteiger partial charge in [0.1, 0.15) is 17.4 Å². The molecule has 0 bridgehead atoms. The summed E-state index contributed by atoms with van der Waals surface area (Å²) in [6.07, 6.45) is 0.155. The van der Waals surface area contributed by atoms with Crippen molar-refractivity contribution in [2.45, 2.75) is 19.4 Å². The maximum atomic E-state index is 12.5. The van der Waals surface area contributed by atoms with E-state index in [1.807, 2.05) is 30.3 Å². The number of aromatic nitrogens is 1. The number of carbonyl (C=O) groups excluding carboxylic acids is 1. The van der Waals surface area contributed by atoms with Gasteiger partial charge in [0.25, 0.3) is 5.91 Å². The Morgan fingerprint density at radius 3 is 2.60 bits per heavy atom. The fourth-order valence-electron chi connectivity index (χ4n) is 2.27. The molecule has 1 aliphatic heterocycles. The minimum Gasteiger partial charge on any atom is -0.385 e. The van der Waals surface area contributed by atoms with E-state index >= 15 is 0 Å². The molecule has 0 aliphatic carbocycles. The Morgan fingerprint density at radius 1 is 1.35 bits per heavy atom. The number of hydrogen-bond acceptors (Lipinski definition) is 4. The second-order valence-electron chi connectivity index (χ2n) is 4.96. The molecule has 0 unspecified atom stereocenters. The van der Waals surface area contributed by atoms with Gasteiger partial charge < -0.3 is 14.5 Å². The maximum absolute atomic E-state index is 12.5. The van der Waals surface area contributed by atoms with Gasteiger partial charge in [-0.1, -0.05) is 35.5 Å². The van der Waals surface area contributed by atoms with Crippen molar-refractivity contribution in [1.29, 1.82) is 0 Å². The Balaban J connectivity index is 2.08. The van der Waals surface area contributed by atoms with Gasteiger partial charge in [0, 0.05) is 18.7 Å². The van der Waals surface area contributed by atoms with Crippen LogP contribution in [0.25, 0.3) is 11.3 Å². The zero-order chi connectivity index (χ0) is 14.1. The van der Waals surface area contributed by atoms with Gasteiger partial charge in [-0.3, -0.25) is 4.79 Å². The zero-order valence-electron chi connectivity index (χ0n) is 11.2. The Bertz CT molecular complexity index is 615. The van der Waals surface area contributed by atoms with Gasteiger partial charge in [-0.2, -0.15) is 0 Å². The molecule has 1 atom stereocenters. The molecule has 20 heavy (non-hydrogen) atoms. The number of aliphatic hydroxyl groups excluding tert-OH is 1. The average molecular weight is 272 g/mol. The fraction of sp³-hybridized carbons (Fsp3) is 0.333. The Morgan fingerprint density at radius 2 is 2.05 bits per heavy atom. The zero-order valence-corrected chi connectivity index (χ0v) is 11.2. The van der Waals surface area contributed by atoms with Crippen molar-refractivity contribution >= 4 is 5.91 Å². The molecular formula is C15H16N2O3. The van der Waals surface area contributed by atoms with Gasteiger partial charge in [0.05, 0.1) is 0 Å². The Hall–Kier alpha value is -2.14. The van der Waals surface area contributed by atoms with E-state index in [4.69, 9.17) is 4.52 Å². The lowest BCUT2D eigenvalue weighted by atomic mass is 10.0. The molecule has 1 N–H and O–H groups in total. The molecule has 1 amide bonds. The smallest absolute Gasteiger partial charge is 0.259 e. The van der Waals surface area contributed by atoms with Crippen molar-refractivity contribution in [2.24, 2.45) is 0 Å². The monoisotopic (exact) mass is 272 g/mol. The molecule has 0 spiro atoms. The van der Waals surface area contributed by atoms with E-state index in [9.17, 15) is 9.90 Å². The third-order valence-corrected chi connectivity index (χ3v) is 3.50. The van der Waals surface area contributed by atoms with Crippen LogP contribution in [0, 0.1) is 0 Å². The third-order valence-electron chi connectivity index (χ3n) is 3.50. The molecule has 2 aromatic rings. The molecule has 2 heterocycles. The molecular weight excluding hydrogens is 256 g/mol. The molecule has 1 aliphatic rings. The number of carbonyl (C=O) groups is 1. The van der Waals surface area contributed by atoms with Crippen LogP contribution in [0.15, 0.2) is 34.9 Å². The van der Waals surface area contributed by atoms with Crippen molar-refractivity contribution in [3.05, 3.63) is 41.7 Å². The lowest BCUT2D eigenvalue weighted by Gasteiger charge is -2.31. The fourth-order valence-corrected chi connectivity index (χ4v) is 2.27. The van der Waals surface area contributed by atoms with Gasteiger partial charge in [-0.25, -0.2) is 0 Å². The quantitative estimate of drug-likeness (QED) is 0.930. The number of aliphatic hydroxyl groups is 1. The molecule has 1 aromatic heterocycles. The van der Waals surface area contributed by atoms with Crippen LogP contribution in [0.4, 0.5) is 0 Å². The van der Waals surface area contributed by atoms with Crippen LogP contribution in [0.5, 0.6) is 0 Å². The van der Waals surface area contributed by atoms with Crippen LogP contribution in [0.3, 0.4) is 0 Å². The number of rotatable bonds is 3. The highest BCUT2D eigenvalue weighted by Gasteiger charge is 2.31. The average Bonchev–Trinajstić information content (AvgIpc) is 2.82. The van der Waals surface area contributed by atoms with Crippen molar-refractivity contribution < 1.29 is 14.4 Å². The van der Waals surface area contributed by atoms with Gasteiger partial charge in [0.2, 0.25) is 0 Å². The highest BCUT2D eigenvalue weighted by molar-refractivity contribution is 6.01. The summed E-state index contributed by atoms with van der Waals surface area (Å²) >= 11 is 0. The highest BCUT2D eigenvalue weighted by Crippen LogP contribution is 2.31. The number of likely N-dealkylation sites (tertiary alicyclic amines) is 1. The van der Waals surface area contributed by atoms with E-state index in [1.165, 1.54) is 0 Å². The first kappa shape index (κ1) is 12.9. The number of benzene rings is 1. The summed E-state index contributed by atoms with van der Waals surface area (Å²) < 4.78 is 5.20. The molecule has 1 aromatic carbocycles. The molecule has 3 rings (SSSR count). The van der Waals surface area contributed by atoms with Crippen LogP contribution in [0.1, 0.15) is 35.6 Å². The van der Waals surface area contributed by atoms with Gasteiger partial charge in [0.15, 0.2) is 5.76 Å². The van der Waals surface area contributed by atoms with Crippen LogP contribution < -0.4 is 0 Å². The van der Waals surface area contributed by atoms with Gasteiger partial charge >= 0.3 is 0 Å². The van der Waals surface area contributed by atoms with Crippen LogP contribution in [-0.4, -0.2) is 34.2 Å². The third kappa shape index (κ3) is 2.10. The predicted octanol–water partition coefficient (Wildman–Crippen LogP) is 2.24. The van der Waals surface area contributed by atoms with E-state index in [0.717, 1.165) is 25.1 Å². The summed E-state index contributed by atoms with van der Waals surface area (Å²) in [6.45, 7) is 3.07. The molecule has 1 fully saturated rings. The number of amides is 1. The topological polar surface area (TPSA) is 66.6 Å². The van der Waals surface area contributed by atoms with Crippen molar-refractivity contribution in [1.82, 2.24) is 10.1 Å². The highest BCUT2D eigenvalue weighted by atomic mass is 16.5. The Kier molecular flexibility index (Phi) is 3.28. The van der Waals surface area contributed by atoms with Crippen LogP contribution in [0.2, 0.25) is 0 Å². The first-order chi connectivity index (χ1) is 9.68. The normalized spacial score (nSPS) is 15.8. The summed E-state index contributed by atoms with van der Waals surface area (Å²) in [7, 11) is 0. The standard InChI is InChI=1S/C15H16N2O3/c1-10(18)14-12(15(19)17-8-5-9-17)13(16-20-14)11-6-3-2-4-7-11/h2-4,6-7,10,18H,5,8-9H2,1H3/t10-/m0/s1. The van der Waals surface area contributed by atoms with E-state index in [2.05, 4.69) is 5.16 Å². The minimum atomic E-state index is -0.861. The second kappa shape index (κ2) is 5.09.